The molecule has 48 heavy (non-hydrogen) atoms. The molecule has 0 atom stereocenters. The summed E-state index contributed by atoms with van der Waals surface area (Å²) in [5.74, 6) is -4.57. The fourth-order valence-corrected chi connectivity index (χ4v) is 4.18. The van der Waals surface area contributed by atoms with Gasteiger partial charge in [-0.3, -0.25) is 10.1 Å². The molecule has 0 saturated carbocycles. The zero-order valence-corrected chi connectivity index (χ0v) is 25.5. The summed E-state index contributed by atoms with van der Waals surface area (Å²) < 4.78 is 108. The predicted octanol–water partition coefficient (Wildman–Crippen LogP) is 7.48. The van der Waals surface area contributed by atoms with E-state index in [9.17, 15) is 55.5 Å². The zero-order chi connectivity index (χ0) is 36.2. The van der Waals surface area contributed by atoms with Crippen molar-refractivity contribution >= 4 is 29.1 Å². The van der Waals surface area contributed by atoms with Crippen molar-refractivity contribution in [1.29, 1.82) is 0 Å². The highest BCUT2D eigenvalue weighted by Crippen LogP contribution is 2.37. The molecule has 0 saturated heterocycles. The van der Waals surface area contributed by atoms with Gasteiger partial charge >= 0.3 is 24.6 Å². The number of alkyl halides is 6. The first-order chi connectivity index (χ1) is 22.1. The fourth-order valence-electron chi connectivity index (χ4n) is 4.18. The SMILES string of the molecule is COc1ccc([N+](=O)[O-])c(CCN(Cc2cc(OC(F)(F)F)ccc2Nc2cc(C(F)(F)F)c(F)cc2C(=O)O)C(=O)OC(C)(C)C)n1. The summed E-state index contributed by atoms with van der Waals surface area (Å²) in [6.07, 6.45) is -11.8. The van der Waals surface area contributed by atoms with E-state index in [0.29, 0.717) is 0 Å². The Morgan fingerprint density at radius 2 is 1.69 bits per heavy atom. The number of aromatic carboxylic acids is 1. The van der Waals surface area contributed by atoms with E-state index in [1.807, 2.05) is 0 Å². The van der Waals surface area contributed by atoms with Crippen LogP contribution in [0.25, 0.3) is 0 Å². The number of carboxylic acids is 1. The minimum Gasteiger partial charge on any atom is -0.481 e. The van der Waals surface area contributed by atoms with E-state index in [4.69, 9.17) is 9.47 Å². The molecule has 1 amide bonds. The molecule has 19 heteroatoms. The van der Waals surface area contributed by atoms with Crippen LogP contribution in [0.5, 0.6) is 11.6 Å². The zero-order valence-electron chi connectivity index (χ0n) is 25.5. The lowest BCUT2D eigenvalue weighted by molar-refractivity contribution is -0.386. The van der Waals surface area contributed by atoms with Crippen LogP contribution in [0.1, 0.15) is 48.0 Å². The molecule has 2 N–H and O–H groups in total. The third-order valence-corrected chi connectivity index (χ3v) is 6.18. The molecule has 260 valence electrons. The highest BCUT2D eigenvalue weighted by molar-refractivity contribution is 5.95. The number of pyridine rings is 1. The normalized spacial score (nSPS) is 11.9. The van der Waals surface area contributed by atoms with Crippen LogP contribution < -0.4 is 14.8 Å². The standard InChI is InChI=1S/C29H27F7N4O8/c1-27(2,3)48-26(43)39(10-9-21-23(40(44)45)7-8-24(38-21)46-4)14-15-11-16(47-29(34,35)36)5-6-20(15)37-22-13-18(28(31,32)33)19(30)12-17(22)25(41)42/h5-8,11-13,37H,9-10,14H2,1-4H3,(H,41,42). The Morgan fingerprint density at radius 1 is 1.02 bits per heavy atom. The minimum absolute atomic E-state index is 0.00494. The Hall–Kier alpha value is -5.36. The third kappa shape index (κ3) is 10.1. The molecule has 1 heterocycles. The van der Waals surface area contributed by atoms with Crippen molar-refractivity contribution < 1.29 is 64.6 Å². The molecule has 0 unspecified atom stereocenters. The molecule has 0 bridgehead atoms. The molecule has 0 aliphatic carbocycles. The van der Waals surface area contributed by atoms with E-state index in [0.717, 1.165) is 29.2 Å². The van der Waals surface area contributed by atoms with Crippen LogP contribution in [0.3, 0.4) is 0 Å². The Balaban J connectivity index is 2.14. The van der Waals surface area contributed by atoms with Gasteiger partial charge in [-0.2, -0.15) is 13.2 Å². The monoisotopic (exact) mass is 692 g/mol. The second-order valence-corrected chi connectivity index (χ2v) is 10.9. The van der Waals surface area contributed by atoms with Gasteiger partial charge in [0, 0.05) is 30.8 Å². The molecule has 0 spiro atoms. The second kappa shape index (κ2) is 14.2. The fraction of sp³-hybridized carbons (Fsp3) is 0.345. The molecule has 0 aliphatic rings. The number of ether oxygens (including phenoxy) is 3. The highest BCUT2D eigenvalue weighted by atomic mass is 19.4. The Labute approximate surface area is 267 Å². The van der Waals surface area contributed by atoms with Crippen LogP contribution in [-0.4, -0.2) is 57.6 Å². The van der Waals surface area contributed by atoms with E-state index in [1.54, 1.807) is 0 Å². The number of nitro groups is 1. The maximum Gasteiger partial charge on any atom is 0.573 e. The number of carbonyl (C=O) groups excluding carboxylic acids is 1. The van der Waals surface area contributed by atoms with Crippen molar-refractivity contribution in [2.45, 2.75) is 51.9 Å². The number of carboxylic acid groups (broad SMARTS) is 1. The average molecular weight is 693 g/mol. The van der Waals surface area contributed by atoms with Gasteiger partial charge < -0.3 is 29.5 Å². The first-order valence-electron chi connectivity index (χ1n) is 13.5. The van der Waals surface area contributed by atoms with E-state index in [2.05, 4.69) is 15.0 Å². The maximum absolute atomic E-state index is 14.2. The molecule has 1 aromatic heterocycles. The molecule has 3 rings (SSSR count). The molecule has 12 nitrogen and oxygen atoms in total. The molecule has 0 fully saturated rings. The number of anilines is 2. The van der Waals surface area contributed by atoms with Gasteiger partial charge in [0.05, 0.1) is 35.4 Å². The number of hydrogen-bond acceptors (Lipinski definition) is 9. The van der Waals surface area contributed by atoms with Crippen LogP contribution in [0.2, 0.25) is 0 Å². The summed E-state index contributed by atoms with van der Waals surface area (Å²) in [5.41, 5.74) is -5.87. The predicted molar refractivity (Wildman–Crippen MR) is 153 cm³/mol. The van der Waals surface area contributed by atoms with Crippen molar-refractivity contribution in [2.24, 2.45) is 0 Å². The van der Waals surface area contributed by atoms with Gasteiger partial charge in [-0.25, -0.2) is 19.0 Å². The largest absolute Gasteiger partial charge is 0.573 e. The number of hydrogen-bond donors (Lipinski definition) is 2. The van der Waals surface area contributed by atoms with Gasteiger partial charge in [-0.05, 0) is 56.7 Å². The minimum atomic E-state index is -5.25. The molecule has 0 aliphatic heterocycles. The highest BCUT2D eigenvalue weighted by Gasteiger charge is 2.36. The van der Waals surface area contributed by atoms with Crippen LogP contribution >= 0.6 is 0 Å². The number of amides is 1. The summed E-state index contributed by atoms with van der Waals surface area (Å²) in [7, 11) is 1.25. The number of nitrogens with one attached hydrogen (secondary N) is 1. The maximum atomic E-state index is 14.2. The van der Waals surface area contributed by atoms with Crippen molar-refractivity contribution in [3.63, 3.8) is 0 Å². The number of carbonyl (C=O) groups is 2. The Bertz CT molecular complexity index is 1690. The quantitative estimate of drug-likeness (QED) is 0.118. The van der Waals surface area contributed by atoms with Crippen LogP contribution in [0.15, 0.2) is 42.5 Å². The van der Waals surface area contributed by atoms with Gasteiger partial charge in [-0.1, -0.05) is 0 Å². The Morgan fingerprint density at radius 3 is 2.23 bits per heavy atom. The van der Waals surface area contributed by atoms with Gasteiger partial charge in [-0.15, -0.1) is 13.2 Å². The summed E-state index contributed by atoms with van der Waals surface area (Å²) in [6.45, 7) is 3.43. The molecule has 0 radical (unpaired) electrons. The van der Waals surface area contributed by atoms with Crippen molar-refractivity contribution in [3.05, 3.63) is 80.8 Å². The van der Waals surface area contributed by atoms with Gasteiger partial charge in [0.25, 0.3) is 5.69 Å². The molecule has 2 aromatic carbocycles. The van der Waals surface area contributed by atoms with Gasteiger partial charge in [0.15, 0.2) is 0 Å². The van der Waals surface area contributed by atoms with E-state index in [1.165, 1.54) is 33.9 Å². The lowest BCUT2D eigenvalue weighted by Gasteiger charge is -2.28. The average Bonchev–Trinajstić information content (AvgIpc) is 2.94. The van der Waals surface area contributed by atoms with E-state index < -0.39 is 82.3 Å². The van der Waals surface area contributed by atoms with E-state index >= 15 is 0 Å². The molecular weight excluding hydrogens is 665 g/mol. The molecular formula is C29H27F7N4O8. The Kier molecular flexibility index (Phi) is 11.0. The summed E-state index contributed by atoms with van der Waals surface area (Å²) in [6, 6.07) is 5.06. The number of aromatic nitrogens is 1. The lowest BCUT2D eigenvalue weighted by Crippen LogP contribution is -2.38. The van der Waals surface area contributed by atoms with E-state index in [-0.39, 0.29) is 41.4 Å². The summed E-state index contributed by atoms with van der Waals surface area (Å²) in [5, 5.41) is 23.5. The number of nitrogens with zero attached hydrogens (tertiary/aromatic N) is 3. The summed E-state index contributed by atoms with van der Waals surface area (Å²) >= 11 is 0. The van der Waals surface area contributed by atoms with Gasteiger partial charge in [0.1, 0.15) is 22.9 Å². The smallest absolute Gasteiger partial charge is 0.481 e. The third-order valence-electron chi connectivity index (χ3n) is 6.18. The lowest BCUT2D eigenvalue weighted by atomic mass is 10.1. The number of halogens is 7. The topological polar surface area (TPSA) is 153 Å². The molecule has 3 aromatic rings. The first kappa shape index (κ1) is 37.1. The number of rotatable bonds is 11. The second-order valence-electron chi connectivity index (χ2n) is 10.9. The van der Waals surface area contributed by atoms with Gasteiger partial charge in [0.2, 0.25) is 5.88 Å². The summed E-state index contributed by atoms with van der Waals surface area (Å²) in [4.78, 5) is 40.9. The van der Waals surface area contributed by atoms with Crippen LogP contribution in [0.4, 0.5) is 52.6 Å². The number of benzene rings is 2. The van der Waals surface area contributed by atoms with Crippen molar-refractivity contribution in [2.75, 3.05) is 19.0 Å². The van der Waals surface area contributed by atoms with Crippen molar-refractivity contribution in [3.8, 4) is 11.6 Å². The number of methoxy groups -OCH3 is 1. The van der Waals surface area contributed by atoms with Crippen LogP contribution in [0, 0.1) is 15.9 Å². The van der Waals surface area contributed by atoms with Crippen LogP contribution in [-0.2, 0) is 23.9 Å². The first-order valence-corrected chi connectivity index (χ1v) is 13.5. The van der Waals surface area contributed by atoms with Crippen molar-refractivity contribution in [1.82, 2.24) is 9.88 Å².